The monoisotopic (exact) mass is 344 g/mol. The van der Waals surface area contributed by atoms with Gasteiger partial charge in [0.1, 0.15) is 5.82 Å². The molecule has 4 rings (SSSR count). The smallest absolute Gasteiger partial charge is 0.227 e. The number of hydrogen-bond donors (Lipinski definition) is 2. The first-order chi connectivity index (χ1) is 11.7. The zero-order valence-corrected chi connectivity index (χ0v) is 13.8. The first-order valence-electron chi connectivity index (χ1n) is 7.99. The summed E-state index contributed by atoms with van der Waals surface area (Å²) in [5, 5.41) is 4.56. The highest BCUT2D eigenvalue weighted by molar-refractivity contribution is 6.31. The predicted octanol–water partition coefficient (Wildman–Crippen LogP) is 2.60. The van der Waals surface area contributed by atoms with Crippen LogP contribution in [0.2, 0.25) is 5.02 Å². The molecule has 3 aromatic rings. The molecule has 0 spiro atoms. The molecule has 1 aliphatic heterocycles. The Balaban J connectivity index is 1.57. The first kappa shape index (κ1) is 15.4. The Morgan fingerprint density at radius 3 is 3.04 bits per heavy atom. The number of imidazole rings is 1. The lowest BCUT2D eigenvalue weighted by Gasteiger charge is -2.22. The number of ether oxygens (including phenoxy) is 1. The number of carbonyl (C=O) groups excluding carboxylic acids is 1. The third kappa shape index (κ3) is 3.07. The molecule has 24 heavy (non-hydrogen) atoms. The molecule has 3 heterocycles. The Kier molecular flexibility index (Phi) is 4.08. The zero-order chi connectivity index (χ0) is 16.5. The third-order valence-corrected chi connectivity index (χ3v) is 4.48. The highest BCUT2D eigenvalue weighted by Gasteiger charge is 2.17. The van der Waals surface area contributed by atoms with Crippen molar-refractivity contribution >= 4 is 39.4 Å². The number of carbonyl (C=O) groups is 1. The lowest BCUT2D eigenvalue weighted by atomic mass is 10.1. The lowest BCUT2D eigenvalue weighted by Crippen LogP contribution is -2.39. The van der Waals surface area contributed by atoms with Crippen LogP contribution in [0, 0.1) is 0 Å². The Bertz CT molecular complexity index is 902. The molecule has 1 saturated heterocycles. The van der Waals surface area contributed by atoms with Crippen LogP contribution >= 0.6 is 11.6 Å². The molecule has 0 bridgehead atoms. The van der Waals surface area contributed by atoms with Gasteiger partial charge in [0.2, 0.25) is 5.91 Å². The van der Waals surface area contributed by atoms with Crippen LogP contribution in [-0.4, -0.2) is 40.1 Å². The van der Waals surface area contributed by atoms with Gasteiger partial charge >= 0.3 is 0 Å². The van der Waals surface area contributed by atoms with Crippen molar-refractivity contribution < 1.29 is 9.53 Å². The molecule has 2 N–H and O–H groups in total. The summed E-state index contributed by atoms with van der Waals surface area (Å²) in [6.45, 7) is 1.40. The predicted molar refractivity (Wildman–Crippen MR) is 92.1 cm³/mol. The fourth-order valence-electron chi connectivity index (χ4n) is 3.04. The van der Waals surface area contributed by atoms with E-state index in [-0.39, 0.29) is 18.4 Å². The SMILES string of the molecule is O=C(Cc1nc2c(cnc3ccc(Cl)cc32)[nH]1)NC1CCOCC1. The fraction of sp³-hybridized carbons (Fsp3) is 0.353. The molecule has 124 valence electrons. The Morgan fingerprint density at radius 2 is 2.21 bits per heavy atom. The van der Waals surface area contributed by atoms with E-state index in [0.717, 1.165) is 34.8 Å². The maximum absolute atomic E-state index is 12.2. The van der Waals surface area contributed by atoms with E-state index in [0.29, 0.717) is 24.1 Å². The molecule has 2 aromatic heterocycles. The van der Waals surface area contributed by atoms with Gasteiger partial charge in [0.05, 0.1) is 29.2 Å². The number of pyridine rings is 1. The number of aromatic amines is 1. The standard InChI is InChI=1S/C17H17ClN4O2/c18-10-1-2-13-12(7-10)17-14(9-19-13)21-15(22-17)8-16(23)20-11-3-5-24-6-4-11/h1-2,7,9,11H,3-6,8H2,(H,20,23)(H,21,22). The summed E-state index contributed by atoms with van der Waals surface area (Å²) in [5.41, 5.74) is 2.42. The number of nitrogens with one attached hydrogen (secondary N) is 2. The Hall–Kier alpha value is -2.18. The van der Waals surface area contributed by atoms with Gasteiger partial charge < -0.3 is 15.0 Å². The molecule has 0 radical (unpaired) electrons. The first-order valence-corrected chi connectivity index (χ1v) is 8.37. The minimum absolute atomic E-state index is 0.0312. The van der Waals surface area contributed by atoms with E-state index < -0.39 is 0 Å². The molecule has 1 amide bonds. The van der Waals surface area contributed by atoms with Crippen LogP contribution in [0.25, 0.3) is 21.9 Å². The molecule has 7 heteroatoms. The minimum Gasteiger partial charge on any atom is -0.381 e. The van der Waals surface area contributed by atoms with Crippen molar-refractivity contribution in [1.82, 2.24) is 20.3 Å². The van der Waals surface area contributed by atoms with Gasteiger partial charge in [-0.05, 0) is 31.0 Å². The van der Waals surface area contributed by atoms with E-state index in [9.17, 15) is 4.79 Å². The molecule has 0 atom stereocenters. The second-order valence-corrected chi connectivity index (χ2v) is 6.43. The van der Waals surface area contributed by atoms with Crippen LogP contribution in [0.1, 0.15) is 18.7 Å². The number of nitrogens with zero attached hydrogens (tertiary/aromatic N) is 2. The zero-order valence-electron chi connectivity index (χ0n) is 13.0. The maximum Gasteiger partial charge on any atom is 0.227 e. The van der Waals surface area contributed by atoms with Gasteiger partial charge in [-0.2, -0.15) is 0 Å². The maximum atomic E-state index is 12.2. The van der Waals surface area contributed by atoms with Crippen LogP contribution in [0.4, 0.5) is 0 Å². The van der Waals surface area contributed by atoms with Crippen LogP contribution in [0.15, 0.2) is 24.4 Å². The summed E-state index contributed by atoms with van der Waals surface area (Å²) in [6, 6.07) is 5.71. The number of hydrogen-bond acceptors (Lipinski definition) is 4. The van der Waals surface area contributed by atoms with Gasteiger partial charge in [-0.1, -0.05) is 11.6 Å². The average Bonchev–Trinajstić information content (AvgIpc) is 2.98. The quantitative estimate of drug-likeness (QED) is 0.765. The summed E-state index contributed by atoms with van der Waals surface area (Å²) >= 11 is 6.08. The number of H-pyrrole nitrogens is 1. The number of halogens is 1. The minimum atomic E-state index is -0.0312. The number of rotatable bonds is 3. The number of amides is 1. The third-order valence-electron chi connectivity index (χ3n) is 4.24. The van der Waals surface area contributed by atoms with E-state index in [4.69, 9.17) is 16.3 Å². The summed E-state index contributed by atoms with van der Waals surface area (Å²) in [4.78, 5) is 24.4. The highest BCUT2D eigenvalue weighted by atomic mass is 35.5. The van der Waals surface area contributed by atoms with E-state index >= 15 is 0 Å². The van der Waals surface area contributed by atoms with E-state index in [1.54, 1.807) is 12.3 Å². The van der Waals surface area contributed by atoms with E-state index in [1.165, 1.54) is 0 Å². The van der Waals surface area contributed by atoms with Crippen LogP contribution in [0.5, 0.6) is 0 Å². The summed E-state index contributed by atoms with van der Waals surface area (Å²) < 4.78 is 5.30. The van der Waals surface area contributed by atoms with Crippen molar-refractivity contribution in [1.29, 1.82) is 0 Å². The van der Waals surface area contributed by atoms with Crippen molar-refractivity contribution in [2.45, 2.75) is 25.3 Å². The summed E-state index contributed by atoms with van der Waals surface area (Å²) in [6.07, 6.45) is 3.67. The fourth-order valence-corrected chi connectivity index (χ4v) is 3.21. The number of aromatic nitrogens is 3. The molecule has 1 fully saturated rings. The molecule has 0 aliphatic carbocycles. The second kappa shape index (κ2) is 6.37. The number of fused-ring (bicyclic) bond motifs is 3. The van der Waals surface area contributed by atoms with Gasteiger partial charge in [-0.25, -0.2) is 4.98 Å². The molecule has 0 unspecified atom stereocenters. The number of benzene rings is 1. The molecule has 6 nitrogen and oxygen atoms in total. The van der Waals surface area contributed by atoms with Crippen LogP contribution in [0.3, 0.4) is 0 Å². The summed E-state index contributed by atoms with van der Waals surface area (Å²) in [7, 11) is 0. The molecular formula is C17H17ClN4O2. The Labute approximate surface area is 143 Å². The van der Waals surface area contributed by atoms with E-state index in [2.05, 4.69) is 20.3 Å². The van der Waals surface area contributed by atoms with Gasteiger partial charge in [0.15, 0.2) is 0 Å². The lowest BCUT2D eigenvalue weighted by molar-refractivity contribution is -0.121. The van der Waals surface area contributed by atoms with Crippen molar-refractivity contribution in [2.24, 2.45) is 0 Å². The molecule has 1 aromatic carbocycles. The average molecular weight is 345 g/mol. The van der Waals surface area contributed by atoms with Crippen molar-refractivity contribution in [3.8, 4) is 0 Å². The van der Waals surface area contributed by atoms with E-state index in [1.807, 2.05) is 12.1 Å². The topological polar surface area (TPSA) is 79.9 Å². The van der Waals surface area contributed by atoms with Gasteiger partial charge in [0, 0.05) is 29.7 Å². The Morgan fingerprint density at radius 1 is 1.38 bits per heavy atom. The highest BCUT2D eigenvalue weighted by Crippen LogP contribution is 2.24. The van der Waals surface area contributed by atoms with Crippen molar-refractivity contribution in [2.75, 3.05) is 13.2 Å². The normalized spacial score (nSPS) is 15.9. The second-order valence-electron chi connectivity index (χ2n) is 6.00. The van der Waals surface area contributed by atoms with Crippen molar-refractivity contribution in [3.05, 3.63) is 35.2 Å². The van der Waals surface area contributed by atoms with Gasteiger partial charge in [-0.3, -0.25) is 9.78 Å². The van der Waals surface area contributed by atoms with Gasteiger partial charge in [-0.15, -0.1) is 0 Å². The molecule has 0 saturated carbocycles. The molecular weight excluding hydrogens is 328 g/mol. The molecule has 1 aliphatic rings. The van der Waals surface area contributed by atoms with Crippen molar-refractivity contribution in [3.63, 3.8) is 0 Å². The largest absolute Gasteiger partial charge is 0.381 e. The van der Waals surface area contributed by atoms with Crippen LogP contribution in [-0.2, 0) is 16.0 Å². The summed E-state index contributed by atoms with van der Waals surface area (Å²) in [5.74, 6) is 0.597. The van der Waals surface area contributed by atoms with Gasteiger partial charge in [0.25, 0.3) is 0 Å². The van der Waals surface area contributed by atoms with Crippen LogP contribution < -0.4 is 5.32 Å².